The third kappa shape index (κ3) is 2.10. The van der Waals surface area contributed by atoms with Gasteiger partial charge in [0, 0.05) is 23.9 Å². The molecule has 2 aliphatic heterocycles. The molecule has 0 aliphatic carbocycles. The number of rotatable bonds is 4. The summed E-state index contributed by atoms with van der Waals surface area (Å²) in [7, 11) is 0. The van der Waals surface area contributed by atoms with Crippen LogP contribution in [0.15, 0.2) is 17.5 Å². The number of ether oxygens (including phenoxy) is 1. The Bertz CT molecular complexity index is 311. The molecule has 3 unspecified atom stereocenters. The van der Waals surface area contributed by atoms with Crippen LogP contribution in [0.5, 0.6) is 0 Å². The Hall–Kier alpha value is -0.380. The van der Waals surface area contributed by atoms with Crippen molar-refractivity contribution in [1.82, 2.24) is 5.32 Å². The molecule has 3 heterocycles. The third-order valence-electron chi connectivity index (χ3n) is 3.52. The van der Waals surface area contributed by atoms with Gasteiger partial charge in [-0.15, -0.1) is 11.3 Å². The van der Waals surface area contributed by atoms with E-state index in [-0.39, 0.29) is 0 Å². The topological polar surface area (TPSA) is 21.3 Å². The van der Waals surface area contributed by atoms with Crippen LogP contribution in [-0.2, 0) is 11.3 Å². The van der Waals surface area contributed by atoms with Gasteiger partial charge in [-0.1, -0.05) is 6.07 Å². The highest BCUT2D eigenvalue weighted by Crippen LogP contribution is 2.38. The minimum atomic E-state index is 0.561. The van der Waals surface area contributed by atoms with E-state index in [1.165, 1.54) is 24.1 Å². The van der Waals surface area contributed by atoms with E-state index in [2.05, 4.69) is 22.8 Å². The second-order valence-corrected chi connectivity index (χ2v) is 5.61. The molecule has 3 rings (SSSR count). The maximum atomic E-state index is 5.84. The molecule has 0 aromatic carbocycles. The fourth-order valence-corrected chi connectivity index (χ4v) is 3.43. The van der Waals surface area contributed by atoms with E-state index >= 15 is 0 Å². The minimum absolute atomic E-state index is 0.561. The average Bonchev–Trinajstić information content (AvgIpc) is 2.93. The van der Waals surface area contributed by atoms with Gasteiger partial charge in [0.2, 0.25) is 0 Å². The Kier molecular flexibility index (Phi) is 2.77. The SMILES string of the molecule is c1csc(CNCC2CC3CCC2O3)c1. The molecule has 1 N–H and O–H groups in total. The monoisotopic (exact) mass is 223 g/mol. The fraction of sp³-hybridized carbons (Fsp3) is 0.667. The Morgan fingerprint density at radius 3 is 3.13 bits per heavy atom. The summed E-state index contributed by atoms with van der Waals surface area (Å²) in [5, 5.41) is 5.68. The first-order valence-electron chi connectivity index (χ1n) is 5.80. The van der Waals surface area contributed by atoms with E-state index < -0.39 is 0 Å². The van der Waals surface area contributed by atoms with E-state index in [9.17, 15) is 0 Å². The van der Waals surface area contributed by atoms with Crippen LogP contribution in [0.2, 0.25) is 0 Å². The van der Waals surface area contributed by atoms with Crippen molar-refractivity contribution in [3.05, 3.63) is 22.4 Å². The van der Waals surface area contributed by atoms with Gasteiger partial charge in [0.25, 0.3) is 0 Å². The molecule has 2 saturated heterocycles. The van der Waals surface area contributed by atoms with Crippen LogP contribution in [0.3, 0.4) is 0 Å². The van der Waals surface area contributed by atoms with Crippen molar-refractivity contribution in [2.45, 2.75) is 38.0 Å². The first-order chi connectivity index (χ1) is 7.42. The summed E-state index contributed by atoms with van der Waals surface area (Å²) in [6, 6.07) is 4.30. The highest BCUT2D eigenvalue weighted by Gasteiger charge is 2.40. The quantitative estimate of drug-likeness (QED) is 0.846. The standard InChI is InChI=1S/C12H17NOS/c1-2-11(15-5-1)8-13-7-9-6-10-3-4-12(9)14-10/h1-2,5,9-10,12-13H,3-4,6-8H2. The van der Waals surface area contributed by atoms with Gasteiger partial charge in [-0.2, -0.15) is 0 Å². The van der Waals surface area contributed by atoms with Crippen LogP contribution in [0, 0.1) is 5.92 Å². The molecule has 2 nitrogen and oxygen atoms in total. The maximum Gasteiger partial charge on any atom is 0.0621 e. The number of thiophene rings is 1. The van der Waals surface area contributed by atoms with Crippen LogP contribution >= 0.6 is 11.3 Å². The van der Waals surface area contributed by atoms with Gasteiger partial charge in [0.1, 0.15) is 0 Å². The number of nitrogens with one attached hydrogen (secondary N) is 1. The highest BCUT2D eigenvalue weighted by atomic mass is 32.1. The zero-order chi connectivity index (χ0) is 10.1. The molecule has 0 spiro atoms. The van der Waals surface area contributed by atoms with Gasteiger partial charge in [-0.05, 0) is 30.7 Å². The van der Waals surface area contributed by atoms with Crippen LogP contribution in [-0.4, -0.2) is 18.8 Å². The van der Waals surface area contributed by atoms with Crippen molar-refractivity contribution in [2.75, 3.05) is 6.54 Å². The summed E-state index contributed by atoms with van der Waals surface area (Å²) in [5.41, 5.74) is 0. The van der Waals surface area contributed by atoms with Crippen LogP contribution in [0.25, 0.3) is 0 Å². The Morgan fingerprint density at radius 1 is 1.47 bits per heavy atom. The molecule has 1 aromatic rings. The summed E-state index contributed by atoms with van der Waals surface area (Å²) in [4.78, 5) is 1.43. The number of fused-ring (bicyclic) bond motifs is 2. The lowest BCUT2D eigenvalue weighted by molar-refractivity contribution is 0.0924. The Balaban J connectivity index is 1.43. The molecule has 2 fully saturated rings. The minimum Gasteiger partial charge on any atom is -0.375 e. The summed E-state index contributed by atoms with van der Waals surface area (Å²) in [5.74, 6) is 0.767. The summed E-state index contributed by atoms with van der Waals surface area (Å²) < 4.78 is 5.84. The van der Waals surface area contributed by atoms with Crippen LogP contribution in [0.1, 0.15) is 24.1 Å². The number of hydrogen-bond donors (Lipinski definition) is 1. The van der Waals surface area contributed by atoms with Gasteiger partial charge in [-0.3, -0.25) is 0 Å². The Labute approximate surface area is 94.6 Å². The van der Waals surface area contributed by atoms with E-state index in [4.69, 9.17) is 4.74 Å². The largest absolute Gasteiger partial charge is 0.375 e. The van der Waals surface area contributed by atoms with Gasteiger partial charge < -0.3 is 10.1 Å². The lowest BCUT2D eigenvalue weighted by atomic mass is 9.89. The molecule has 2 bridgehead atoms. The van der Waals surface area contributed by atoms with Gasteiger partial charge in [0.05, 0.1) is 12.2 Å². The second-order valence-electron chi connectivity index (χ2n) is 4.58. The Morgan fingerprint density at radius 2 is 2.47 bits per heavy atom. The van der Waals surface area contributed by atoms with Gasteiger partial charge in [0.15, 0.2) is 0 Å². The zero-order valence-electron chi connectivity index (χ0n) is 8.82. The van der Waals surface area contributed by atoms with Crippen molar-refractivity contribution < 1.29 is 4.74 Å². The normalized spacial score (nSPS) is 33.7. The lowest BCUT2D eigenvalue weighted by Crippen LogP contribution is -2.28. The van der Waals surface area contributed by atoms with Crippen molar-refractivity contribution in [1.29, 1.82) is 0 Å². The first-order valence-corrected chi connectivity index (χ1v) is 6.68. The summed E-state index contributed by atoms with van der Waals surface area (Å²) in [6.07, 6.45) is 5.01. The fourth-order valence-electron chi connectivity index (χ4n) is 2.75. The lowest BCUT2D eigenvalue weighted by Gasteiger charge is -2.18. The summed E-state index contributed by atoms with van der Waals surface area (Å²) in [6.45, 7) is 2.14. The van der Waals surface area contributed by atoms with E-state index in [1.807, 2.05) is 11.3 Å². The van der Waals surface area contributed by atoms with Crippen molar-refractivity contribution in [3.63, 3.8) is 0 Å². The van der Waals surface area contributed by atoms with Gasteiger partial charge in [-0.25, -0.2) is 0 Å². The van der Waals surface area contributed by atoms with E-state index in [0.717, 1.165) is 19.0 Å². The molecule has 0 saturated carbocycles. The van der Waals surface area contributed by atoms with Crippen molar-refractivity contribution >= 4 is 11.3 Å². The van der Waals surface area contributed by atoms with Crippen molar-refractivity contribution in [3.8, 4) is 0 Å². The molecule has 0 amide bonds. The smallest absolute Gasteiger partial charge is 0.0621 e. The predicted molar refractivity (Wildman–Crippen MR) is 62.0 cm³/mol. The zero-order valence-corrected chi connectivity index (χ0v) is 9.63. The summed E-state index contributed by atoms with van der Waals surface area (Å²) >= 11 is 1.83. The third-order valence-corrected chi connectivity index (χ3v) is 4.39. The molecule has 2 aliphatic rings. The van der Waals surface area contributed by atoms with E-state index in [1.54, 1.807) is 0 Å². The molecule has 3 heteroatoms. The second kappa shape index (κ2) is 4.24. The van der Waals surface area contributed by atoms with Gasteiger partial charge >= 0.3 is 0 Å². The number of hydrogen-bond acceptors (Lipinski definition) is 3. The average molecular weight is 223 g/mol. The molecular formula is C12H17NOS. The van der Waals surface area contributed by atoms with Crippen LogP contribution in [0.4, 0.5) is 0 Å². The molecule has 0 radical (unpaired) electrons. The maximum absolute atomic E-state index is 5.84. The molecule has 82 valence electrons. The molecular weight excluding hydrogens is 206 g/mol. The molecule has 3 atom stereocenters. The van der Waals surface area contributed by atoms with Crippen molar-refractivity contribution in [2.24, 2.45) is 5.92 Å². The van der Waals surface area contributed by atoms with Crippen LogP contribution < -0.4 is 5.32 Å². The molecule has 15 heavy (non-hydrogen) atoms. The molecule has 1 aromatic heterocycles. The van der Waals surface area contributed by atoms with E-state index in [0.29, 0.717) is 12.2 Å². The highest BCUT2D eigenvalue weighted by molar-refractivity contribution is 7.09. The first kappa shape index (κ1) is 9.82. The predicted octanol–water partition coefficient (Wildman–Crippen LogP) is 2.41.